The standard InChI is InChI=1S/C75H120N20O16S/c1-13-43(11)60-72(110)89-49(31-39(3)4)65(103)88-53(35-57(98)99)68(106)86-48(28-22-30-82-75(79)80)64(102)92-58(41(7)8)70(108)90-52(34-46-25-19-16-20-26-46)67(105)85-47(27-21-29-81-74(77)78)63(101)91-54(62(100)83-36-55(76)96)37-112-38-56(97)84-51(33-45-23-17-15-18-24-45)66(104)87-50(32-40(5)6)69(107)94-61(44(12)14-2)73(111)93-59(42(9)10)71(109)95-60/h15-20,23-26,39-44,47-54,58-61H,13-14,21-22,27-38H2,1-12H3,(H2,76,96)(H,83,100)(H,84,97)(H,85,105)(H,86,106)(H,87,104)(H,88,103)(H,89,110)(H,90,108)(H,91,101)(H,92,102)(H,93,111)(H,94,107)(H,95,109)(H,98,99)(H4,77,78,81)(H4,79,80,82)/t43-,44-,47-,48-,49-,50-,51-,52-,53-,54-,58-,59-,60-,61-/m0/s1. The van der Waals surface area contributed by atoms with Gasteiger partial charge in [0.2, 0.25) is 82.7 Å². The maximum atomic E-state index is 14.9. The predicted molar refractivity (Wildman–Crippen MR) is 421 cm³/mol. The maximum absolute atomic E-state index is 14.9. The van der Waals surface area contributed by atoms with Crippen molar-refractivity contribution in [1.29, 1.82) is 10.8 Å². The minimum absolute atomic E-state index is 0.00326. The number of aliphatic carboxylic acids is 1. The van der Waals surface area contributed by atoms with E-state index < -0.39 is 215 Å². The molecule has 14 atom stereocenters. The summed E-state index contributed by atoms with van der Waals surface area (Å²) in [7, 11) is 0. The van der Waals surface area contributed by atoms with Crippen molar-refractivity contribution in [3.05, 3.63) is 71.8 Å². The SMILES string of the molecule is CC[C@H](C)[C@@H]1NC(=O)[C@H](CC(C)C)NC(=O)[C@H](Cc2ccccc2)NC(=O)CSC[C@@H](C(=O)NCC(N)=O)NC(=O)[C@H](CCCNC(=N)N)NC(=O)[C@H](Cc2ccccc2)NC(=O)[C@H](C(C)C)NC(=O)[C@H](CCCNC(=N)N)NC(=O)[C@H](CC(=O)O)NC(=O)[C@H](CC(C)C)NC(=O)[C@H]([C@@H](C)CC)NC(=O)[C@H](C(C)C)NC1=O. The van der Waals surface area contributed by atoms with E-state index in [0.717, 1.165) is 11.8 Å². The fourth-order valence-electron chi connectivity index (χ4n) is 11.8. The van der Waals surface area contributed by atoms with Gasteiger partial charge >= 0.3 is 5.97 Å². The van der Waals surface area contributed by atoms with Crippen LogP contribution in [0.1, 0.15) is 152 Å². The number of primary amides is 1. The van der Waals surface area contributed by atoms with Gasteiger partial charge in [0.05, 0.1) is 18.7 Å². The average Bonchev–Trinajstić information content (AvgIpc) is 0.845. The van der Waals surface area contributed by atoms with Crippen molar-refractivity contribution in [2.24, 2.45) is 52.7 Å². The van der Waals surface area contributed by atoms with Gasteiger partial charge in [0, 0.05) is 31.7 Å². The first-order chi connectivity index (χ1) is 52.7. The Labute approximate surface area is 658 Å². The number of amides is 14. The summed E-state index contributed by atoms with van der Waals surface area (Å²) in [5.74, 6) is -19.5. The summed E-state index contributed by atoms with van der Waals surface area (Å²) in [6, 6.07) is -1.11. The number of carbonyl (C=O) groups is 15. The minimum Gasteiger partial charge on any atom is -0.481 e. The van der Waals surface area contributed by atoms with Gasteiger partial charge in [-0.25, -0.2) is 0 Å². The lowest BCUT2D eigenvalue weighted by Gasteiger charge is -2.32. The van der Waals surface area contributed by atoms with Gasteiger partial charge < -0.3 is 102 Å². The van der Waals surface area contributed by atoms with Crippen LogP contribution in [0.4, 0.5) is 0 Å². The van der Waals surface area contributed by atoms with Crippen molar-refractivity contribution in [3.8, 4) is 0 Å². The first kappa shape index (κ1) is 95.6. The zero-order valence-electron chi connectivity index (χ0n) is 66.2. The van der Waals surface area contributed by atoms with Gasteiger partial charge in [0.1, 0.15) is 72.5 Å². The van der Waals surface area contributed by atoms with Gasteiger partial charge in [0.15, 0.2) is 11.9 Å². The molecule has 0 saturated carbocycles. The molecule has 1 aliphatic heterocycles. The zero-order chi connectivity index (χ0) is 84.1. The predicted octanol–water partition coefficient (Wildman–Crippen LogP) is -1.86. The van der Waals surface area contributed by atoms with Crippen molar-refractivity contribution < 1.29 is 77.0 Å². The number of rotatable bonds is 27. The van der Waals surface area contributed by atoms with E-state index in [1.165, 1.54) is 0 Å². The first-order valence-electron chi connectivity index (χ1n) is 38.0. The molecule has 3 rings (SSSR count). The molecule has 1 aliphatic rings. The molecule has 1 fully saturated rings. The van der Waals surface area contributed by atoms with Crippen molar-refractivity contribution in [1.82, 2.24) is 79.8 Å². The van der Waals surface area contributed by atoms with Crippen LogP contribution in [0.3, 0.4) is 0 Å². The van der Waals surface area contributed by atoms with Gasteiger partial charge in [-0.1, -0.05) is 157 Å². The summed E-state index contributed by atoms with van der Waals surface area (Å²) in [6.45, 7) is 19.6. The number of thioether (sulfide) groups is 1. The number of benzene rings is 2. The Morgan fingerprint density at radius 1 is 0.446 bits per heavy atom. The van der Waals surface area contributed by atoms with Crippen LogP contribution >= 0.6 is 11.8 Å². The highest BCUT2D eigenvalue weighted by atomic mass is 32.2. The molecular formula is C75H120N20O16S. The maximum Gasteiger partial charge on any atom is 0.305 e. The second kappa shape index (κ2) is 48.9. The van der Waals surface area contributed by atoms with E-state index in [4.69, 9.17) is 28.0 Å². The Morgan fingerprint density at radius 3 is 1.21 bits per heavy atom. The zero-order valence-corrected chi connectivity index (χ0v) is 67.0. The van der Waals surface area contributed by atoms with Crippen LogP contribution in [0.2, 0.25) is 0 Å². The average molecular weight is 1590 g/mol. The molecule has 24 N–H and O–H groups in total. The van der Waals surface area contributed by atoms with Gasteiger partial charge in [-0.2, -0.15) is 0 Å². The summed E-state index contributed by atoms with van der Waals surface area (Å²) in [4.78, 5) is 215. The summed E-state index contributed by atoms with van der Waals surface area (Å²) >= 11 is 0.816. The fraction of sp³-hybridized carbons (Fsp3) is 0.613. The quantitative estimate of drug-likeness (QED) is 0.0265. The Bertz CT molecular complexity index is 3540. The van der Waals surface area contributed by atoms with Crippen LogP contribution in [0.5, 0.6) is 0 Å². The Hall–Kier alpha value is -10.6. The highest BCUT2D eigenvalue weighted by Gasteiger charge is 2.40. The number of nitrogens with two attached hydrogens (primary N) is 3. The van der Waals surface area contributed by atoms with Gasteiger partial charge in [-0.3, -0.25) is 82.7 Å². The molecule has 622 valence electrons. The lowest BCUT2D eigenvalue weighted by molar-refractivity contribution is -0.142. The molecule has 1 heterocycles. The van der Waals surface area contributed by atoms with Gasteiger partial charge in [0.25, 0.3) is 0 Å². The lowest BCUT2D eigenvalue weighted by atomic mass is 9.94. The van der Waals surface area contributed by atoms with Crippen molar-refractivity contribution in [2.45, 2.75) is 226 Å². The van der Waals surface area contributed by atoms with E-state index in [9.17, 15) is 77.0 Å². The third-order valence-electron chi connectivity index (χ3n) is 18.4. The van der Waals surface area contributed by atoms with Crippen LogP contribution in [0.25, 0.3) is 0 Å². The monoisotopic (exact) mass is 1590 g/mol. The number of carboxylic acids is 1. The van der Waals surface area contributed by atoms with Crippen molar-refractivity contribution in [2.75, 3.05) is 31.1 Å². The van der Waals surface area contributed by atoms with Gasteiger partial charge in [-0.05, 0) is 85.2 Å². The molecule has 0 bridgehead atoms. The third kappa shape index (κ3) is 34.7. The van der Waals surface area contributed by atoms with E-state index in [2.05, 4.69) is 79.8 Å². The van der Waals surface area contributed by atoms with Crippen LogP contribution < -0.4 is 97.0 Å². The second-order valence-corrected chi connectivity index (χ2v) is 30.7. The fourth-order valence-corrected chi connectivity index (χ4v) is 12.7. The Morgan fingerprint density at radius 2 is 0.786 bits per heavy atom. The van der Waals surface area contributed by atoms with Crippen LogP contribution in [0.15, 0.2) is 60.7 Å². The summed E-state index contributed by atoms with van der Waals surface area (Å²) in [5, 5.41) is 65.2. The Kier molecular flexibility index (Phi) is 41.7. The van der Waals surface area contributed by atoms with Crippen LogP contribution in [-0.2, 0) is 84.8 Å². The van der Waals surface area contributed by atoms with E-state index in [1.807, 2.05) is 0 Å². The number of hydrogen-bond donors (Lipinski definition) is 21. The van der Waals surface area contributed by atoms with Crippen LogP contribution in [0, 0.1) is 46.3 Å². The molecule has 37 heteroatoms. The van der Waals surface area contributed by atoms with E-state index in [-0.39, 0.29) is 88.5 Å². The first-order valence-corrected chi connectivity index (χ1v) is 39.1. The number of guanidine groups is 2. The largest absolute Gasteiger partial charge is 0.481 e. The third-order valence-corrected chi connectivity index (χ3v) is 19.5. The van der Waals surface area contributed by atoms with Crippen molar-refractivity contribution in [3.63, 3.8) is 0 Å². The molecule has 0 radical (unpaired) electrons. The Balaban J connectivity index is 2.37. The normalized spacial score (nSPS) is 24.0. The molecule has 0 unspecified atom stereocenters. The van der Waals surface area contributed by atoms with E-state index in [1.54, 1.807) is 144 Å². The molecule has 14 amide bonds. The molecule has 112 heavy (non-hydrogen) atoms. The van der Waals surface area contributed by atoms with Crippen molar-refractivity contribution >= 4 is 112 Å². The van der Waals surface area contributed by atoms with E-state index >= 15 is 0 Å². The summed E-state index contributed by atoms with van der Waals surface area (Å²) in [6.07, 6.45) is -1.28. The summed E-state index contributed by atoms with van der Waals surface area (Å²) < 4.78 is 0. The molecular weight excluding hydrogens is 1470 g/mol. The summed E-state index contributed by atoms with van der Waals surface area (Å²) in [5.41, 5.74) is 17.6. The number of carboxylic acid groups (broad SMARTS) is 1. The number of hydrogen-bond acceptors (Lipinski definition) is 18. The van der Waals surface area contributed by atoms with Crippen LogP contribution in [-0.4, -0.2) is 209 Å². The number of carbonyl (C=O) groups excluding carboxylic acids is 14. The topological polar surface area (TPSA) is 582 Å². The molecule has 1 saturated heterocycles. The molecule has 36 nitrogen and oxygen atoms in total. The lowest BCUT2D eigenvalue weighted by Crippen LogP contribution is -2.63. The minimum atomic E-state index is -1.94. The van der Waals surface area contributed by atoms with Gasteiger partial charge in [-0.15, -0.1) is 11.8 Å². The molecule has 2 aromatic carbocycles. The highest BCUT2D eigenvalue weighted by molar-refractivity contribution is 8.00. The van der Waals surface area contributed by atoms with E-state index in [0.29, 0.717) is 17.5 Å². The highest BCUT2D eigenvalue weighted by Crippen LogP contribution is 2.18. The molecule has 0 aliphatic carbocycles. The second-order valence-electron chi connectivity index (χ2n) is 29.7. The molecule has 0 spiro atoms. The smallest absolute Gasteiger partial charge is 0.305 e. The molecule has 0 aromatic heterocycles. The number of nitrogens with one attached hydrogen (secondary N) is 17. The molecule has 2 aromatic rings.